The van der Waals surface area contributed by atoms with Crippen molar-refractivity contribution in [2.75, 3.05) is 24.4 Å². The summed E-state index contributed by atoms with van der Waals surface area (Å²) in [6.45, 7) is 3.54. The highest BCUT2D eigenvalue weighted by Crippen LogP contribution is 2.23. The minimum absolute atomic E-state index is 0.255. The molecule has 1 aliphatic rings. The number of nitrogens with two attached hydrogens (primary N) is 1. The van der Waals surface area contributed by atoms with Crippen molar-refractivity contribution in [3.63, 3.8) is 0 Å². The van der Waals surface area contributed by atoms with Gasteiger partial charge in [0.2, 0.25) is 0 Å². The lowest BCUT2D eigenvalue weighted by Crippen LogP contribution is -2.44. The van der Waals surface area contributed by atoms with Crippen LogP contribution in [-0.2, 0) is 10.2 Å². The third kappa shape index (κ3) is 3.72. The quantitative estimate of drug-likeness (QED) is 0.861. The molecule has 20 heavy (non-hydrogen) atoms. The van der Waals surface area contributed by atoms with Crippen molar-refractivity contribution in [3.8, 4) is 0 Å². The molecule has 0 saturated carbocycles. The maximum absolute atomic E-state index is 12.4. The molecule has 0 radical (unpaired) electrons. The molecule has 0 bridgehead atoms. The summed E-state index contributed by atoms with van der Waals surface area (Å²) in [7, 11) is -3.50. The van der Waals surface area contributed by atoms with E-state index in [0.717, 1.165) is 22.9 Å². The van der Waals surface area contributed by atoms with Gasteiger partial charge in [-0.1, -0.05) is 22.0 Å². The molecule has 1 aromatic carbocycles. The summed E-state index contributed by atoms with van der Waals surface area (Å²) in [6.07, 6.45) is 1.86. The molecule has 1 aromatic rings. The number of nitrogens with one attached hydrogen (secondary N) is 1. The second-order valence-corrected chi connectivity index (χ2v) is 7.70. The molecule has 0 aliphatic carbocycles. The van der Waals surface area contributed by atoms with Crippen LogP contribution in [0, 0.1) is 12.8 Å². The van der Waals surface area contributed by atoms with Crippen LogP contribution in [-0.4, -0.2) is 32.4 Å². The van der Waals surface area contributed by atoms with Gasteiger partial charge in [0.15, 0.2) is 0 Å². The highest BCUT2D eigenvalue weighted by Gasteiger charge is 2.28. The van der Waals surface area contributed by atoms with E-state index in [2.05, 4.69) is 20.7 Å². The first-order valence-corrected chi connectivity index (χ1v) is 8.90. The normalized spacial score (nSPS) is 20.9. The van der Waals surface area contributed by atoms with Gasteiger partial charge in [-0.2, -0.15) is 12.7 Å². The van der Waals surface area contributed by atoms with Crippen LogP contribution in [0.3, 0.4) is 0 Å². The fraction of sp³-hybridized carbons (Fsp3) is 0.538. The van der Waals surface area contributed by atoms with Crippen LogP contribution >= 0.6 is 15.9 Å². The number of anilines is 1. The third-order valence-corrected chi connectivity index (χ3v) is 5.93. The number of aryl methyl sites for hydroxylation is 1. The minimum Gasteiger partial charge on any atom is -0.330 e. The SMILES string of the molecule is Cc1ccc(NS(=O)(=O)N2CCCC(CN)C2)cc1Br. The highest BCUT2D eigenvalue weighted by atomic mass is 79.9. The zero-order valence-corrected chi connectivity index (χ0v) is 13.9. The second kappa shape index (κ2) is 6.43. The van der Waals surface area contributed by atoms with Gasteiger partial charge in [0.1, 0.15) is 0 Å². The summed E-state index contributed by atoms with van der Waals surface area (Å²) in [5.41, 5.74) is 7.28. The van der Waals surface area contributed by atoms with Crippen LogP contribution in [0.15, 0.2) is 22.7 Å². The van der Waals surface area contributed by atoms with Gasteiger partial charge >= 0.3 is 10.2 Å². The van der Waals surface area contributed by atoms with Crippen LogP contribution in [0.2, 0.25) is 0 Å². The summed E-state index contributed by atoms with van der Waals surface area (Å²) >= 11 is 3.41. The van der Waals surface area contributed by atoms with Gasteiger partial charge in [0, 0.05) is 17.6 Å². The van der Waals surface area contributed by atoms with Crippen molar-refractivity contribution in [3.05, 3.63) is 28.2 Å². The molecule has 1 saturated heterocycles. The maximum atomic E-state index is 12.4. The molecule has 1 aliphatic heterocycles. The highest BCUT2D eigenvalue weighted by molar-refractivity contribution is 9.10. The first kappa shape index (κ1) is 15.8. The zero-order valence-electron chi connectivity index (χ0n) is 11.5. The lowest BCUT2D eigenvalue weighted by molar-refractivity contribution is 0.273. The van der Waals surface area contributed by atoms with Gasteiger partial charge in [-0.25, -0.2) is 0 Å². The van der Waals surface area contributed by atoms with Crippen LogP contribution < -0.4 is 10.5 Å². The molecular weight excluding hydrogens is 342 g/mol. The van der Waals surface area contributed by atoms with Crippen molar-refractivity contribution in [1.82, 2.24) is 4.31 Å². The Bertz CT molecular complexity index is 577. The summed E-state index contributed by atoms with van der Waals surface area (Å²) < 4.78 is 29.7. The Kier molecular flexibility index (Phi) is 5.06. The van der Waals surface area contributed by atoms with Crippen molar-refractivity contribution in [2.45, 2.75) is 19.8 Å². The van der Waals surface area contributed by atoms with Gasteiger partial charge in [-0.3, -0.25) is 4.72 Å². The summed E-state index contributed by atoms with van der Waals surface area (Å²) in [4.78, 5) is 0. The standard InChI is InChI=1S/C13H20BrN3O2S/c1-10-4-5-12(7-13(10)14)16-20(18,19)17-6-2-3-11(8-15)9-17/h4-5,7,11,16H,2-3,6,8-9,15H2,1H3. The molecule has 1 heterocycles. The lowest BCUT2D eigenvalue weighted by atomic mass is 10.0. The number of halogens is 1. The summed E-state index contributed by atoms with van der Waals surface area (Å²) in [5, 5.41) is 0. The van der Waals surface area contributed by atoms with Gasteiger partial charge in [-0.15, -0.1) is 0 Å². The van der Waals surface area contributed by atoms with Gasteiger partial charge in [0.05, 0.1) is 5.69 Å². The number of nitrogens with zero attached hydrogens (tertiary/aromatic N) is 1. The Hall–Kier alpha value is -0.630. The number of benzene rings is 1. The van der Waals surface area contributed by atoms with Crippen molar-refractivity contribution >= 4 is 31.8 Å². The fourth-order valence-electron chi connectivity index (χ4n) is 2.31. The molecule has 0 amide bonds. The molecule has 5 nitrogen and oxygen atoms in total. The third-order valence-electron chi connectivity index (χ3n) is 3.57. The predicted octanol–water partition coefficient (Wildman–Crippen LogP) is 2.08. The van der Waals surface area contributed by atoms with Crippen LogP contribution in [0.1, 0.15) is 18.4 Å². The average molecular weight is 362 g/mol. The van der Waals surface area contributed by atoms with Crippen LogP contribution in [0.5, 0.6) is 0 Å². The monoisotopic (exact) mass is 361 g/mol. The number of hydrogen-bond acceptors (Lipinski definition) is 3. The zero-order chi connectivity index (χ0) is 14.8. The molecule has 7 heteroatoms. The van der Waals surface area contributed by atoms with E-state index >= 15 is 0 Å². The van der Waals surface area contributed by atoms with E-state index < -0.39 is 10.2 Å². The smallest absolute Gasteiger partial charge is 0.301 e. The predicted molar refractivity (Wildman–Crippen MR) is 84.8 cm³/mol. The Morgan fingerprint density at radius 1 is 1.50 bits per heavy atom. The van der Waals surface area contributed by atoms with E-state index in [1.165, 1.54) is 4.31 Å². The fourth-order valence-corrected chi connectivity index (χ4v) is 4.02. The van der Waals surface area contributed by atoms with Crippen molar-refractivity contribution in [1.29, 1.82) is 0 Å². The Labute approximate surface area is 128 Å². The van der Waals surface area contributed by atoms with Crippen molar-refractivity contribution in [2.24, 2.45) is 11.7 Å². The van der Waals surface area contributed by atoms with Gasteiger partial charge < -0.3 is 5.73 Å². The van der Waals surface area contributed by atoms with E-state index in [4.69, 9.17) is 5.73 Å². The van der Waals surface area contributed by atoms with Crippen LogP contribution in [0.4, 0.5) is 5.69 Å². The lowest BCUT2D eigenvalue weighted by Gasteiger charge is -2.31. The van der Waals surface area contributed by atoms with E-state index in [-0.39, 0.29) is 5.92 Å². The van der Waals surface area contributed by atoms with E-state index in [0.29, 0.717) is 25.3 Å². The largest absolute Gasteiger partial charge is 0.330 e. The Morgan fingerprint density at radius 3 is 2.90 bits per heavy atom. The first-order valence-electron chi connectivity index (χ1n) is 6.66. The molecule has 3 N–H and O–H groups in total. The summed E-state index contributed by atoms with van der Waals surface area (Å²) in [5.74, 6) is 0.255. The van der Waals surface area contributed by atoms with Crippen molar-refractivity contribution < 1.29 is 8.42 Å². The second-order valence-electron chi connectivity index (χ2n) is 5.17. The number of hydrogen-bond donors (Lipinski definition) is 2. The molecule has 1 fully saturated rings. The van der Waals surface area contributed by atoms with Gasteiger partial charge in [-0.05, 0) is 49.9 Å². The molecule has 0 spiro atoms. The molecule has 2 rings (SSSR count). The van der Waals surface area contributed by atoms with E-state index in [1.807, 2.05) is 13.0 Å². The molecular formula is C13H20BrN3O2S. The number of rotatable bonds is 4. The molecule has 1 unspecified atom stereocenters. The average Bonchev–Trinajstić information content (AvgIpc) is 2.43. The van der Waals surface area contributed by atoms with Crippen LogP contribution in [0.25, 0.3) is 0 Å². The van der Waals surface area contributed by atoms with Gasteiger partial charge in [0.25, 0.3) is 0 Å². The van der Waals surface area contributed by atoms with E-state index in [1.54, 1.807) is 12.1 Å². The molecule has 0 aromatic heterocycles. The summed E-state index contributed by atoms with van der Waals surface area (Å²) in [6, 6.07) is 5.42. The first-order chi connectivity index (χ1) is 9.42. The molecule has 1 atom stereocenters. The Balaban J connectivity index is 2.12. The minimum atomic E-state index is -3.50. The Morgan fingerprint density at radius 2 is 2.25 bits per heavy atom. The maximum Gasteiger partial charge on any atom is 0.301 e. The molecule has 112 valence electrons. The van der Waals surface area contributed by atoms with E-state index in [9.17, 15) is 8.42 Å². The topological polar surface area (TPSA) is 75.4 Å². The number of piperidine rings is 1.